The first kappa shape index (κ1) is 13.8. The van der Waals surface area contributed by atoms with Gasteiger partial charge >= 0.3 is 0 Å². The Kier molecular flexibility index (Phi) is 5.21. The van der Waals surface area contributed by atoms with Crippen LogP contribution < -0.4 is 5.32 Å². The van der Waals surface area contributed by atoms with Crippen molar-refractivity contribution < 1.29 is 0 Å². The minimum absolute atomic E-state index is 0.0309. The molecule has 1 aromatic rings. The fourth-order valence-electron chi connectivity index (χ4n) is 1.20. The van der Waals surface area contributed by atoms with E-state index in [1.807, 2.05) is 12.1 Å². The van der Waals surface area contributed by atoms with Gasteiger partial charge in [-0.05, 0) is 56.0 Å². The van der Waals surface area contributed by atoms with E-state index >= 15 is 0 Å². The Morgan fingerprint density at radius 1 is 1.29 bits per heavy atom. The fraction of sp³-hybridized carbons (Fsp3) is 0.167. The number of hydrogen-bond donors (Lipinski definition) is 1. The molecule has 0 saturated carbocycles. The number of halogens is 2. The van der Waals surface area contributed by atoms with Gasteiger partial charge in [0.1, 0.15) is 17.7 Å². The Morgan fingerprint density at radius 3 is 2.24 bits per heavy atom. The van der Waals surface area contributed by atoms with E-state index in [9.17, 15) is 0 Å². The third-order valence-corrected chi connectivity index (χ3v) is 3.36. The summed E-state index contributed by atoms with van der Waals surface area (Å²) in [5.41, 5.74) is 2.02. The van der Waals surface area contributed by atoms with Crippen molar-refractivity contribution in [2.24, 2.45) is 0 Å². The molecule has 1 aromatic carbocycles. The summed E-state index contributed by atoms with van der Waals surface area (Å²) in [4.78, 5) is 0. The summed E-state index contributed by atoms with van der Waals surface area (Å²) >= 11 is 6.89. The first-order chi connectivity index (χ1) is 8.12. The van der Waals surface area contributed by atoms with Crippen LogP contribution in [-0.4, -0.2) is 0 Å². The number of nitrogens with one attached hydrogen (secondary N) is 1. The van der Waals surface area contributed by atoms with E-state index < -0.39 is 0 Å². The zero-order valence-electron chi connectivity index (χ0n) is 9.09. The summed E-state index contributed by atoms with van der Waals surface area (Å²) in [5.74, 6) is 0. The summed E-state index contributed by atoms with van der Waals surface area (Å²) in [6.07, 6.45) is 2.32. The van der Waals surface area contributed by atoms with Crippen LogP contribution in [0, 0.1) is 22.7 Å². The lowest BCUT2D eigenvalue weighted by Crippen LogP contribution is -1.94. The van der Waals surface area contributed by atoms with Crippen molar-refractivity contribution in [1.82, 2.24) is 0 Å². The highest BCUT2D eigenvalue weighted by atomic mass is 79.9. The van der Waals surface area contributed by atoms with Gasteiger partial charge in [0.15, 0.2) is 0 Å². The highest BCUT2D eigenvalue weighted by Crippen LogP contribution is 2.32. The van der Waals surface area contributed by atoms with Crippen LogP contribution in [0.3, 0.4) is 0 Å². The molecule has 0 amide bonds. The number of anilines is 1. The van der Waals surface area contributed by atoms with Gasteiger partial charge in [-0.25, -0.2) is 0 Å². The average Bonchev–Trinajstić information content (AvgIpc) is 2.32. The molecule has 5 heteroatoms. The second-order valence-corrected chi connectivity index (χ2v) is 4.92. The van der Waals surface area contributed by atoms with Crippen LogP contribution in [0.1, 0.15) is 12.5 Å². The Hall–Kier alpha value is -1.30. The standard InChI is InChI=1S/C12H9Br2N3/c1-2-8-3-10(13)12(11(14)4-8)17-7-9(5-15)6-16/h3-4,7,17H,2H2,1H3. The smallest absolute Gasteiger partial charge is 0.145 e. The van der Waals surface area contributed by atoms with Crippen molar-refractivity contribution in [1.29, 1.82) is 10.5 Å². The monoisotopic (exact) mass is 353 g/mol. The molecular weight excluding hydrogens is 346 g/mol. The van der Waals surface area contributed by atoms with E-state index in [1.165, 1.54) is 11.8 Å². The van der Waals surface area contributed by atoms with Gasteiger partial charge in [0.05, 0.1) is 5.69 Å². The van der Waals surface area contributed by atoms with Crippen LogP contribution in [0.15, 0.2) is 32.9 Å². The summed E-state index contributed by atoms with van der Waals surface area (Å²) in [6.45, 7) is 2.07. The molecule has 0 aliphatic heterocycles. The molecule has 0 bridgehead atoms. The Balaban J connectivity index is 3.06. The summed E-state index contributed by atoms with van der Waals surface area (Å²) in [6, 6.07) is 7.58. The Morgan fingerprint density at radius 2 is 1.82 bits per heavy atom. The highest BCUT2D eigenvalue weighted by molar-refractivity contribution is 9.11. The molecule has 0 radical (unpaired) electrons. The second-order valence-electron chi connectivity index (χ2n) is 3.21. The van der Waals surface area contributed by atoms with E-state index in [-0.39, 0.29) is 5.57 Å². The number of benzene rings is 1. The molecule has 0 aromatic heterocycles. The third kappa shape index (κ3) is 3.59. The third-order valence-electron chi connectivity index (χ3n) is 2.11. The van der Waals surface area contributed by atoms with Crippen LogP contribution >= 0.6 is 31.9 Å². The van der Waals surface area contributed by atoms with E-state index in [0.717, 1.165) is 21.1 Å². The average molecular weight is 355 g/mol. The van der Waals surface area contributed by atoms with E-state index in [4.69, 9.17) is 10.5 Å². The van der Waals surface area contributed by atoms with Gasteiger partial charge in [0, 0.05) is 15.1 Å². The number of allylic oxidation sites excluding steroid dienone is 1. The summed E-state index contributed by atoms with van der Waals surface area (Å²) in [7, 11) is 0. The quantitative estimate of drug-likeness (QED) is 0.830. The molecule has 0 heterocycles. The largest absolute Gasteiger partial charge is 0.358 e. The Bertz CT molecular complexity index is 497. The molecule has 3 nitrogen and oxygen atoms in total. The van der Waals surface area contributed by atoms with E-state index in [1.54, 1.807) is 12.1 Å². The fourth-order valence-corrected chi connectivity index (χ4v) is 2.71. The molecule has 0 spiro atoms. The number of aryl methyl sites for hydroxylation is 1. The van der Waals surface area contributed by atoms with E-state index in [2.05, 4.69) is 44.1 Å². The maximum Gasteiger partial charge on any atom is 0.145 e. The maximum atomic E-state index is 8.62. The summed E-state index contributed by atoms with van der Waals surface area (Å²) < 4.78 is 1.77. The number of nitrogens with zero attached hydrogens (tertiary/aromatic N) is 2. The number of hydrogen-bond acceptors (Lipinski definition) is 3. The van der Waals surface area contributed by atoms with Gasteiger partial charge in [0.2, 0.25) is 0 Å². The number of rotatable bonds is 3. The zero-order valence-corrected chi connectivity index (χ0v) is 12.3. The van der Waals surface area contributed by atoms with Gasteiger partial charge < -0.3 is 5.32 Å². The van der Waals surface area contributed by atoms with Gasteiger partial charge in [-0.15, -0.1) is 0 Å². The molecule has 1 N–H and O–H groups in total. The van der Waals surface area contributed by atoms with Crippen molar-refractivity contribution >= 4 is 37.5 Å². The molecule has 0 atom stereocenters. The topological polar surface area (TPSA) is 59.6 Å². The molecule has 86 valence electrons. The van der Waals surface area contributed by atoms with E-state index in [0.29, 0.717) is 0 Å². The van der Waals surface area contributed by atoms with Crippen molar-refractivity contribution in [2.45, 2.75) is 13.3 Å². The first-order valence-corrected chi connectivity index (χ1v) is 6.45. The van der Waals surface area contributed by atoms with Crippen molar-refractivity contribution in [2.75, 3.05) is 5.32 Å². The molecule has 0 unspecified atom stereocenters. The second kappa shape index (κ2) is 6.44. The zero-order chi connectivity index (χ0) is 12.8. The molecule has 1 rings (SSSR count). The number of nitriles is 2. The molecule has 0 saturated heterocycles. The lowest BCUT2D eigenvalue weighted by atomic mass is 10.1. The van der Waals surface area contributed by atoms with Crippen LogP contribution in [-0.2, 0) is 6.42 Å². The maximum absolute atomic E-state index is 8.62. The summed E-state index contributed by atoms with van der Waals surface area (Å²) in [5, 5.41) is 20.2. The SMILES string of the molecule is CCc1cc(Br)c(NC=C(C#N)C#N)c(Br)c1. The lowest BCUT2D eigenvalue weighted by Gasteiger charge is -2.09. The Labute approximate surface area is 117 Å². The van der Waals surface area contributed by atoms with Crippen molar-refractivity contribution in [3.63, 3.8) is 0 Å². The van der Waals surface area contributed by atoms with Crippen LogP contribution in [0.25, 0.3) is 0 Å². The first-order valence-electron chi connectivity index (χ1n) is 4.87. The van der Waals surface area contributed by atoms with Crippen LogP contribution in [0.4, 0.5) is 5.69 Å². The minimum atomic E-state index is 0.0309. The van der Waals surface area contributed by atoms with Gasteiger partial charge in [-0.2, -0.15) is 10.5 Å². The normalized spacial score (nSPS) is 9.00. The van der Waals surface area contributed by atoms with Gasteiger partial charge in [-0.3, -0.25) is 0 Å². The lowest BCUT2D eigenvalue weighted by molar-refractivity contribution is 1.13. The van der Waals surface area contributed by atoms with Gasteiger partial charge in [0.25, 0.3) is 0 Å². The van der Waals surface area contributed by atoms with Crippen LogP contribution in [0.5, 0.6) is 0 Å². The molecule has 17 heavy (non-hydrogen) atoms. The predicted molar refractivity (Wildman–Crippen MR) is 74.2 cm³/mol. The van der Waals surface area contributed by atoms with Crippen molar-refractivity contribution in [3.8, 4) is 12.1 Å². The molecule has 0 fully saturated rings. The predicted octanol–water partition coefficient (Wildman–Crippen LogP) is 4.12. The van der Waals surface area contributed by atoms with Gasteiger partial charge in [-0.1, -0.05) is 6.92 Å². The van der Waals surface area contributed by atoms with Crippen molar-refractivity contribution in [3.05, 3.63) is 38.4 Å². The van der Waals surface area contributed by atoms with Crippen LogP contribution in [0.2, 0.25) is 0 Å². The molecule has 0 aliphatic rings. The molecule has 0 aliphatic carbocycles. The highest BCUT2D eigenvalue weighted by Gasteiger charge is 2.06. The minimum Gasteiger partial charge on any atom is -0.358 e. The molecular formula is C12H9Br2N3.